The van der Waals surface area contributed by atoms with E-state index in [1.807, 2.05) is 30.3 Å². The Morgan fingerprint density at radius 1 is 1.18 bits per heavy atom. The van der Waals surface area contributed by atoms with Crippen LogP contribution in [0.1, 0.15) is 37.7 Å². The molecule has 1 aromatic carbocycles. The molecule has 0 aromatic heterocycles. The lowest BCUT2D eigenvalue weighted by atomic mass is 9.84. The monoisotopic (exact) mass is 234 g/mol. The van der Waals surface area contributed by atoms with Crippen molar-refractivity contribution in [3.63, 3.8) is 0 Å². The van der Waals surface area contributed by atoms with Gasteiger partial charge in [0, 0.05) is 0 Å². The number of carboxylic acid groups (broad SMARTS) is 1. The van der Waals surface area contributed by atoms with Gasteiger partial charge in [0.05, 0.1) is 6.61 Å². The lowest BCUT2D eigenvalue weighted by molar-refractivity contribution is -0.173. The van der Waals surface area contributed by atoms with Crippen LogP contribution in [-0.2, 0) is 16.1 Å². The van der Waals surface area contributed by atoms with E-state index in [4.69, 9.17) is 4.74 Å². The van der Waals surface area contributed by atoms with Crippen LogP contribution in [0.25, 0.3) is 0 Å². The van der Waals surface area contributed by atoms with Crippen molar-refractivity contribution in [2.75, 3.05) is 0 Å². The molecule has 1 aliphatic rings. The Morgan fingerprint density at radius 3 is 2.41 bits per heavy atom. The molecule has 1 saturated carbocycles. The molecule has 0 unspecified atom stereocenters. The van der Waals surface area contributed by atoms with E-state index in [-0.39, 0.29) is 0 Å². The summed E-state index contributed by atoms with van der Waals surface area (Å²) >= 11 is 0. The maximum atomic E-state index is 11.4. The first kappa shape index (κ1) is 12.1. The van der Waals surface area contributed by atoms with Crippen molar-refractivity contribution in [1.82, 2.24) is 0 Å². The molecular formula is C14H18O3. The number of carboxylic acids is 1. The number of aliphatic carboxylic acids is 1. The van der Waals surface area contributed by atoms with Crippen LogP contribution in [0, 0.1) is 0 Å². The first-order chi connectivity index (χ1) is 8.23. The highest BCUT2D eigenvalue weighted by Gasteiger charge is 2.40. The van der Waals surface area contributed by atoms with Gasteiger partial charge in [-0.05, 0) is 31.2 Å². The summed E-state index contributed by atoms with van der Waals surface area (Å²) in [5.41, 5.74) is 0.0763. The number of hydrogen-bond acceptors (Lipinski definition) is 2. The molecule has 1 aromatic rings. The van der Waals surface area contributed by atoms with E-state index in [1.165, 1.54) is 0 Å². The van der Waals surface area contributed by atoms with Gasteiger partial charge in [0.2, 0.25) is 0 Å². The topological polar surface area (TPSA) is 46.5 Å². The van der Waals surface area contributed by atoms with Gasteiger partial charge in [0.25, 0.3) is 0 Å². The normalized spacial score (nSPS) is 18.8. The lowest BCUT2D eigenvalue weighted by Crippen LogP contribution is -2.43. The molecule has 3 heteroatoms. The summed E-state index contributed by atoms with van der Waals surface area (Å²) in [5, 5.41) is 9.34. The molecule has 1 fully saturated rings. The van der Waals surface area contributed by atoms with Gasteiger partial charge in [-0.15, -0.1) is 0 Å². The van der Waals surface area contributed by atoms with Crippen LogP contribution in [0.5, 0.6) is 0 Å². The van der Waals surface area contributed by atoms with E-state index in [0.29, 0.717) is 19.4 Å². The van der Waals surface area contributed by atoms with Gasteiger partial charge in [-0.3, -0.25) is 0 Å². The summed E-state index contributed by atoms with van der Waals surface area (Å²) in [5.74, 6) is -0.812. The summed E-state index contributed by atoms with van der Waals surface area (Å²) in [7, 11) is 0. The predicted molar refractivity (Wildman–Crippen MR) is 64.7 cm³/mol. The minimum atomic E-state index is -0.950. The van der Waals surface area contributed by atoms with E-state index >= 15 is 0 Å². The van der Waals surface area contributed by atoms with Gasteiger partial charge >= 0.3 is 5.97 Å². The zero-order chi connectivity index (χ0) is 12.1. The Hall–Kier alpha value is -1.35. The smallest absolute Gasteiger partial charge is 0.335 e. The summed E-state index contributed by atoms with van der Waals surface area (Å²) in [6.45, 7) is 0.382. The van der Waals surface area contributed by atoms with Crippen molar-refractivity contribution in [2.45, 2.75) is 44.3 Å². The fraction of sp³-hybridized carbons (Fsp3) is 0.500. The van der Waals surface area contributed by atoms with E-state index in [2.05, 4.69) is 0 Å². The predicted octanol–water partition coefficient (Wildman–Crippen LogP) is 2.99. The van der Waals surface area contributed by atoms with E-state index in [1.54, 1.807) is 0 Å². The van der Waals surface area contributed by atoms with E-state index < -0.39 is 11.6 Å². The molecule has 92 valence electrons. The minimum absolute atomic E-state index is 0.382. The van der Waals surface area contributed by atoms with Gasteiger partial charge < -0.3 is 9.84 Å². The largest absolute Gasteiger partial charge is 0.479 e. The van der Waals surface area contributed by atoms with Crippen molar-refractivity contribution < 1.29 is 14.6 Å². The molecule has 0 atom stereocenters. The highest BCUT2D eigenvalue weighted by atomic mass is 16.5. The van der Waals surface area contributed by atoms with Crippen molar-refractivity contribution in [1.29, 1.82) is 0 Å². The fourth-order valence-corrected chi connectivity index (χ4v) is 2.34. The molecule has 2 rings (SSSR count). The van der Waals surface area contributed by atoms with Crippen LogP contribution in [0.4, 0.5) is 0 Å². The Morgan fingerprint density at radius 2 is 1.82 bits per heavy atom. The average Bonchev–Trinajstić information content (AvgIpc) is 2.38. The quantitative estimate of drug-likeness (QED) is 0.871. The molecule has 3 nitrogen and oxygen atoms in total. The molecule has 1 aliphatic carbocycles. The van der Waals surface area contributed by atoms with Gasteiger partial charge in [-0.25, -0.2) is 4.79 Å². The van der Waals surface area contributed by atoms with E-state index in [9.17, 15) is 9.90 Å². The SMILES string of the molecule is O=C(O)C1(OCc2ccccc2)CCCCC1. The summed E-state index contributed by atoms with van der Waals surface area (Å²) in [4.78, 5) is 11.4. The number of rotatable bonds is 4. The minimum Gasteiger partial charge on any atom is -0.479 e. The highest BCUT2D eigenvalue weighted by Crippen LogP contribution is 2.32. The molecule has 0 heterocycles. The van der Waals surface area contributed by atoms with Gasteiger partial charge in [0.1, 0.15) is 0 Å². The third-order valence-corrected chi connectivity index (χ3v) is 3.41. The van der Waals surface area contributed by atoms with Crippen LogP contribution in [0.3, 0.4) is 0 Å². The molecule has 1 N–H and O–H groups in total. The first-order valence-electron chi connectivity index (χ1n) is 6.14. The second kappa shape index (κ2) is 5.32. The lowest BCUT2D eigenvalue weighted by Gasteiger charge is -2.33. The van der Waals surface area contributed by atoms with Crippen LogP contribution in [0.2, 0.25) is 0 Å². The zero-order valence-corrected chi connectivity index (χ0v) is 9.89. The fourth-order valence-electron chi connectivity index (χ4n) is 2.34. The molecule has 0 saturated heterocycles. The Bertz CT molecular complexity index is 366. The first-order valence-corrected chi connectivity index (χ1v) is 6.14. The van der Waals surface area contributed by atoms with Crippen LogP contribution in [0.15, 0.2) is 30.3 Å². The summed E-state index contributed by atoms with van der Waals surface area (Å²) in [6.07, 6.45) is 4.27. The third kappa shape index (κ3) is 2.86. The van der Waals surface area contributed by atoms with Crippen LogP contribution in [-0.4, -0.2) is 16.7 Å². The van der Waals surface area contributed by atoms with Crippen LogP contribution >= 0.6 is 0 Å². The molecule has 0 spiro atoms. The number of benzene rings is 1. The second-order valence-corrected chi connectivity index (χ2v) is 4.63. The molecule has 0 amide bonds. The number of carbonyl (C=O) groups is 1. The maximum absolute atomic E-state index is 11.4. The molecule has 0 bridgehead atoms. The Balaban J connectivity index is 2.01. The second-order valence-electron chi connectivity index (χ2n) is 4.63. The molecule has 17 heavy (non-hydrogen) atoms. The standard InChI is InChI=1S/C14H18O3/c15-13(16)14(9-5-2-6-10-14)17-11-12-7-3-1-4-8-12/h1,3-4,7-8H,2,5-6,9-11H2,(H,15,16). The van der Waals surface area contributed by atoms with Gasteiger partial charge in [-0.2, -0.15) is 0 Å². The highest BCUT2D eigenvalue weighted by molar-refractivity contribution is 5.77. The van der Waals surface area contributed by atoms with Crippen molar-refractivity contribution >= 4 is 5.97 Å². The third-order valence-electron chi connectivity index (χ3n) is 3.41. The van der Waals surface area contributed by atoms with Crippen molar-refractivity contribution in [3.8, 4) is 0 Å². The van der Waals surface area contributed by atoms with Gasteiger partial charge in [-0.1, -0.05) is 36.8 Å². The average molecular weight is 234 g/mol. The number of hydrogen-bond donors (Lipinski definition) is 1. The van der Waals surface area contributed by atoms with Crippen molar-refractivity contribution in [3.05, 3.63) is 35.9 Å². The molecule has 0 aliphatic heterocycles. The zero-order valence-electron chi connectivity index (χ0n) is 9.89. The summed E-state index contributed by atoms with van der Waals surface area (Å²) in [6, 6.07) is 9.73. The summed E-state index contributed by atoms with van der Waals surface area (Å²) < 4.78 is 5.72. The maximum Gasteiger partial charge on any atom is 0.335 e. The molecule has 0 radical (unpaired) electrons. The van der Waals surface area contributed by atoms with Crippen molar-refractivity contribution in [2.24, 2.45) is 0 Å². The van der Waals surface area contributed by atoms with E-state index in [0.717, 1.165) is 24.8 Å². The Kier molecular flexibility index (Phi) is 3.79. The molecular weight excluding hydrogens is 216 g/mol. The Labute approximate surface area is 101 Å². The van der Waals surface area contributed by atoms with Crippen LogP contribution < -0.4 is 0 Å². The van der Waals surface area contributed by atoms with Gasteiger partial charge in [0.15, 0.2) is 5.60 Å². The number of ether oxygens (including phenoxy) is 1.